The fourth-order valence-corrected chi connectivity index (χ4v) is 2.76. The van der Waals surface area contributed by atoms with Crippen LogP contribution in [0.25, 0.3) is 0 Å². The number of ether oxygens (including phenoxy) is 1. The number of hydrogen-bond donors (Lipinski definition) is 1. The van der Waals surface area contributed by atoms with Gasteiger partial charge in [0.2, 0.25) is 0 Å². The van der Waals surface area contributed by atoms with Crippen LogP contribution in [-0.4, -0.2) is 11.5 Å². The van der Waals surface area contributed by atoms with Crippen LogP contribution >= 0.6 is 0 Å². The van der Waals surface area contributed by atoms with Gasteiger partial charge in [-0.15, -0.1) is 0 Å². The maximum absolute atomic E-state index is 12.4. The molecular formula is C18H19NO2. The summed E-state index contributed by atoms with van der Waals surface area (Å²) in [4.78, 5) is 12.4. The summed E-state index contributed by atoms with van der Waals surface area (Å²) in [6.45, 7) is 4.09. The lowest BCUT2D eigenvalue weighted by Gasteiger charge is -2.37. The second-order valence-electron chi connectivity index (χ2n) is 6.00. The third-order valence-corrected chi connectivity index (χ3v) is 3.72. The normalized spacial score (nSPS) is 19.2. The van der Waals surface area contributed by atoms with E-state index >= 15 is 0 Å². The summed E-state index contributed by atoms with van der Waals surface area (Å²) >= 11 is 0. The average Bonchev–Trinajstić information content (AvgIpc) is 2.47. The minimum atomic E-state index is -0.289. The maximum Gasteiger partial charge on any atom is 0.251 e. The molecule has 21 heavy (non-hydrogen) atoms. The zero-order chi connectivity index (χ0) is 14.9. The van der Waals surface area contributed by atoms with E-state index in [4.69, 9.17) is 4.74 Å². The highest BCUT2D eigenvalue weighted by Gasteiger charge is 2.34. The molecule has 0 spiro atoms. The molecule has 0 aromatic heterocycles. The van der Waals surface area contributed by atoms with Crippen molar-refractivity contribution in [2.24, 2.45) is 0 Å². The summed E-state index contributed by atoms with van der Waals surface area (Å²) in [5, 5.41) is 3.13. The Kier molecular flexibility index (Phi) is 3.42. The van der Waals surface area contributed by atoms with Crippen molar-refractivity contribution in [1.29, 1.82) is 0 Å². The van der Waals surface area contributed by atoms with E-state index in [2.05, 4.69) is 5.32 Å². The third-order valence-electron chi connectivity index (χ3n) is 3.72. The van der Waals surface area contributed by atoms with Gasteiger partial charge in [-0.05, 0) is 32.0 Å². The van der Waals surface area contributed by atoms with Gasteiger partial charge in [-0.3, -0.25) is 4.79 Å². The molecule has 3 heteroatoms. The lowest BCUT2D eigenvalue weighted by molar-refractivity contribution is 0.0620. The van der Waals surface area contributed by atoms with Crippen LogP contribution in [0.5, 0.6) is 5.75 Å². The Morgan fingerprint density at radius 2 is 1.76 bits per heavy atom. The highest BCUT2D eigenvalue weighted by Crippen LogP contribution is 2.39. The van der Waals surface area contributed by atoms with Gasteiger partial charge in [-0.2, -0.15) is 0 Å². The van der Waals surface area contributed by atoms with E-state index in [9.17, 15) is 4.79 Å². The minimum Gasteiger partial charge on any atom is -0.487 e. The van der Waals surface area contributed by atoms with Gasteiger partial charge in [-0.1, -0.05) is 36.4 Å². The van der Waals surface area contributed by atoms with Crippen LogP contribution in [0, 0.1) is 0 Å². The van der Waals surface area contributed by atoms with Gasteiger partial charge < -0.3 is 10.1 Å². The largest absolute Gasteiger partial charge is 0.487 e. The van der Waals surface area contributed by atoms with Crippen molar-refractivity contribution >= 4 is 5.91 Å². The highest BCUT2D eigenvalue weighted by atomic mass is 16.5. The highest BCUT2D eigenvalue weighted by molar-refractivity contribution is 5.94. The van der Waals surface area contributed by atoms with Crippen molar-refractivity contribution in [3.05, 3.63) is 65.7 Å². The van der Waals surface area contributed by atoms with Gasteiger partial charge >= 0.3 is 0 Å². The number of nitrogens with one attached hydrogen (secondary N) is 1. The standard InChI is InChI=1S/C18H19NO2/c1-18(2)12-15(14-10-6-7-11-16(14)21-18)19-17(20)13-8-4-3-5-9-13/h3-11,15H,12H2,1-2H3,(H,19,20). The van der Waals surface area contributed by atoms with Crippen molar-refractivity contribution in [1.82, 2.24) is 5.32 Å². The summed E-state index contributed by atoms with van der Waals surface area (Å²) < 4.78 is 5.99. The zero-order valence-electron chi connectivity index (χ0n) is 12.3. The first-order chi connectivity index (χ1) is 10.1. The maximum atomic E-state index is 12.4. The van der Waals surface area contributed by atoms with Gasteiger partial charge in [0.15, 0.2) is 0 Å². The van der Waals surface area contributed by atoms with E-state index in [0.717, 1.165) is 17.7 Å². The lowest BCUT2D eigenvalue weighted by Crippen LogP contribution is -2.41. The van der Waals surface area contributed by atoms with E-state index < -0.39 is 0 Å². The van der Waals surface area contributed by atoms with E-state index in [1.807, 2.05) is 68.4 Å². The van der Waals surface area contributed by atoms with Gasteiger partial charge in [0.25, 0.3) is 5.91 Å². The Bertz CT molecular complexity index is 649. The molecule has 2 aromatic carbocycles. The Morgan fingerprint density at radius 3 is 2.52 bits per heavy atom. The monoisotopic (exact) mass is 281 g/mol. The molecule has 1 N–H and O–H groups in total. The molecule has 1 heterocycles. The molecule has 1 aliphatic rings. The molecule has 0 saturated carbocycles. The molecule has 0 bridgehead atoms. The van der Waals surface area contributed by atoms with E-state index in [-0.39, 0.29) is 17.6 Å². The quantitative estimate of drug-likeness (QED) is 0.911. The number of carbonyl (C=O) groups is 1. The molecule has 0 fully saturated rings. The fraction of sp³-hybridized carbons (Fsp3) is 0.278. The molecule has 3 nitrogen and oxygen atoms in total. The lowest BCUT2D eigenvalue weighted by atomic mass is 9.89. The molecule has 1 atom stereocenters. The number of fused-ring (bicyclic) bond motifs is 1. The minimum absolute atomic E-state index is 0.0299. The summed E-state index contributed by atoms with van der Waals surface area (Å²) in [6, 6.07) is 17.2. The topological polar surface area (TPSA) is 38.3 Å². The number of benzene rings is 2. The fourth-order valence-electron chi connectivity index (χ4n) is 2.76. The van der Waals surface area contributed by atoms with Crippen LogP contribution < -0.4 is 10.1 Å². The van der Waals surface area contributed by atoms with E-state index in [1.165, 1.54) is 0 Å². The number of rotatable bonds is 2. The number of amides is 1. The van der Waals surface area contributed by atoms with Crippen molar-refractivity contribution in [2.45, 2.75) is 31.9 Å². The van der Waals surface area contributed by atoms with Gasteiger partial charge in [0.05, 0.1) is 6.04 Å². The van der Waals surface area contributed by atoms with Crippen molar-refractivity contribution < 1.29 is 9.53 Å². The van der Waals surface area contributed by atoms with Crippen LogP contribution in [0.2, 0.25) is 0 Å². The summed E-state index contributed by atoms with van der Waals surface area (Å²) in [6.07, 6.45) is 0.753. The molecule has 1 unspecified atom stereocenters. The van der Waals surface area contributed by atoms with Crippen molar-refractivity contribution in [3.63, 3.8) is 0 Å². The second kappa shape index (κ2) is 5.24. The first-order valence-electron chi connectivity index (χ1n) is 7.19. The number of hydrogen-bond acceptors (Lipinski definition) is 2. The number of para-hydroxylation sites is 1. The van der Waals surface area contributed by atoms with E-state index in [0.29, 0.717) is 5.56 Å². The Balaban J connectivity index is 1.87. The molecule has 0 aliphatic carbocycles. The molecular weight excluding hydrogens is 262 g/mol. The molecule has 2 aromatic rings. The molecule has 1 aliphatic heterocycles. The average molecular weight is 281 g/mol. The SMILES string of the molecule is CC1(C)CC(NC(=O)c2ccccc2)c2ccccc2O1. The van der Waals surface area contributed by atoms with Crippen molar-refractivity contribution in [2.75, 3.05) is 0 Å². The second-order valence-corrected chi connectivity index (χ2v) is 6.00. The Labute approximate surface area is 124 Å². The summed E-state index contributed by atoms with van der Waals surface area (Å²) in [7, 11) is 0. The predicted octanol–water partition coefficient (Wildman–Crippen LogP) is 3.72. The summed E-state index contributed by atoms with van der Waals surface area (Å²) in [5.41, 5.74) is 1.43. The van der Waals surface area contributed by atoms with Crippen LogP contribution in [0.3, 0.4) is 0 Å². The molecule has 3 rings (SSSR count). The van der Waals surface area contributed by atoms with Gasteiger partial charge in [0, 0.05) is 17.5 Å². The summed E-state index contributed by atoms with van der Waals surface area (Å²) in [5.74, 6) is 0.806. The Hall–Kier alpha value is -2.29. The molecule has 0 radical (unpaired) electrons. The zero-order valence-corrected chi connectivity index (χ0v) is 12.3. The van der Waals surface area contributed by atoms with E-state index in [1.54, 1.807) is 0 Å². The molecule has 1 amide bonds. The number of carbonyl (C=O) groups excluding carboxylic acids is 1. The van der Waals surface area contributed by atoms with Crippen LogP contribution in [0.4, 0.5) is 0 Å². The molecule has 0 saturated heterocycles. The van der Waals surface area contributed by atoms with Crippen molar-refractivity contribution in [3.8, 4) is 5.75 Å². The van der Waals surface area contributed by atoms with Crippen LogP contribution in [-0.2, 0) is 0 Å². The van der Waals surface area contributed by atoms with Crippen LogP contribution in [0.1, 0.15) is 42.2 Å². The Morgan fingerprint density at radius 1 is 1.10 bits per heavy atom. The molecule has 108 valence electrons. The first kappa shape index (κ1) is 13.7. The first-order valence-corrected chi connectivity index (χ1v) is 7.19. The van der Waals surface area contributed by atoms with Crippen LogP contribution in [0.15, 0.2) is 54.6 Å². The van der Waals surface area contributed by atoms with Gasteiger partial charge in [-0.25, -0.2) is 0 Å². The third kappa shape index (κ3) is 2.92. The van der Waals surface area contributed by atoms with Gasteiger partial charge in [0.1, 0.15) is 11.4 Å². The smallest absolute Gasteiger partial charge is 0.251 e. The predicted molar refractivity (Wildman–Crippen MR) is 82.4 cm³/mol.